The van der Waals surface area contributed by atoms with Crippen LogP contribution in [0.25, 0.3) is 0 Å². The Balaban J connectivity index is 2.72. The first-order valence-electron chi connectivity index (χ1n) is 4.49. The van der Waals surface area contributed by atoms with Crippen LogP contribution in [0.5, 0.6) is 0 Å². The molecule has 1 N–H and O–H groups in total. The zero-order chi connectivity index (χ0) is 10.6. The fourth-order valence-corrected chi connectivity index (χ4v) is 1.60. The van der Waals surface area contributed by atoms with Crippen LogP contribution >= 0.6 is 27.5 Å². The second-order valence-electron chi connectivity index (χ2n) is 3.03. The van der Waals surface area contributed by atoms with E-state index in [0.717, 1.165) is 13.0 Å². The number of benzene rings is 1. The van der Waals surface area contributed by atoms with E-state index in [4.69, 9.17) is 11.6 Å². The van der Waals surface area contributed by atoms with E-state index in [2.05, 4.69) is 28.2 Å². The topological polar surface area (TPSA) is 12.0 Å². The van der Waals surface area contributed by atoms with E-state index >= 15 is 0 Å². The molecule has 0 aliphatic rings. The van der Waals surface area contributed by atoms with Crippen molar-refractivity contribution in [2.45, 2.75) is 19.9 Å². The van der Waals surface area contributed by atoms with Crippen LogP contribution in [0.15, 0.2) is 16.6 Å². The molecule has 1 aromatic carbocycles. The third-order valence-electron chi connectivity index (χ3n) is 1.83. The van der Waals surface area contributed by atoms with Crippen LogP contribution in [0.4, 0.5) is 4.39 Å². The van der Waals surface area contributed by atoms with Gasteiger partial charge in [0.25, 0.3) is 0 Å². The summed E-state index contributed by atoms with van der Waals surface area (Å²) in [4.78, 5) is 0. The highest BCUT2D eigenvalue weighted by Gasteiger charge is 2.06. The number of nitrogens with one attached hydrogen (secondary N) is 1. The summed E-state index contributed by atoms with van der Waals surface area (Å²) in [5, 5.41) is 3.67. The van der Waals surface area contributed by atoms with Crippen molar-refractivity contribution in [1.82, 2.24) is 5.32 Å². The molecule has 0 atom stereocenters. The van der Waals surface area contributed by atoms with Crippen LogP contribution in [-0.4, -0.2) is 6.54 Å². The van der Waals surface area contributed by atoms with E-state index in [1.165, 1.54) is 6.07 Å². The first-order valence-corrected chi connectivity index (χ1v) is 5.66. The summed E-state index contributed by atoms with van der Waals surface area (Å²) >= 11 is 9.03. The van der Waals surface area contributed by atoms with Gasteiger partial charge in [-0.15, -0.1) is 0 Å². The third kappa shape index (κ3) is 3.23. The molecule has 0 spiro atoms. The van der Waals surface area contributed by atoms with Crippen LogP contribution in [-0.2, 0) is 6.54 Å². The molecule has 0 saturated heterocycles. The maximum Gasteiger partial charge on any atom is 0.128 e. The Morgan fingerprint density at radius 3 is 2.86 bits per heavy atom. The van der Waals surface area contributed by atoms with Gasteiger partial charge >= 0.3 is 0 Å². The molecule has 0 aliphatic heterocycles. The Morgan fingerprint density at radius 1 is 1.50 bits per heavy atom. The molecule has 14 heavy (non-hydrogen) atoms. The third-order valence-corrected chi connectivity index (χ3v) is 3.03. The number of halogens is 3. The fourth-order valence-electron chi connectivity index (χ4n) is 1.10. The molecule has 0 saturated carbocycles. The summed E-state index contributed by atoms with van der Waals surface area (Å²) in [6.07, 6.45) is 1.03. The SMILES string of the molecule is CCCNCc1cc(Cl)c(Br)cc1F. The molecule has 0 bridgehead atoms. The van der Waals surface area contributed by atoms with Crippen molar-refractivity contribution in [2.75, 3.05) is 6.54 Å². The maximum atomic E-state index is 13.3. The van der Waals surface area contributed by atoms with Gasteiger partial charge in [0.15, 0.2) is 0 Å². The number of hydrogen-bond donors (Lipinski definition) is 1. The minimum atomic E-state index is -0.232. The maximum absolute atomic E-state index is 13.3. The Morgan fingerprint density at radius 2 is 2.21 bits per heavy atom. The van der Waals surface area contributed by atoms with Crippen molar-refractivity contribution in [1.29, 1.82) is 0 Å². The lowest BCUT2D eigenvalue weighted by molar-refractivity contribution is 0.586. The minimum absolute atomic E-state index is 0.232. The van der Waals surface area contributed by atoms with Crippen LogP contribution < -0.4 is 5.32 Å². The molecule has 78 valence electrons. The standard InChI is InChI=1S/C10H12BrClFN/c1-2-3-14-6-7-4-9(12)8(11)5-10(7)13/h4-5,14H,2-3,6H2,1H3. The molecule has 0 aromatic heterocycles. The zero-order valence-electron chi connectivity index (χ0n) is 7.91. The quantitative estimate of drug-likeness (QED) is 0.654. The van der Waals surface area contributed by atoms with Crippen molar-refractivity contribution in [3.63, 3.8) is 0 Å². The summed E-state index contributed by atoms with van der Waals surface area (Å²) in [6.45, 7) is 3.47. The highest BCUT2D eigenvalue weighted by Crippen LogP contribution is 2.25. The van der Waals surface area contributed by atoms with Crippen molar-refractivity contribution >= 4 is 27.5 Å². The van der Waals surface area contributed by atoms with Gasteiger partial charge < -0.3 is 5.32 Å². The molecular formula is C10H12BrClFN. The number of rotatable bonds is 4. The van der Waals surface area contributed by atoms with Crippen LogP contribution in [0.2, 0.25) is 5.02 Å². The molecular weight excluding hydrogens is 268 g/mol. The molecule has 4 heteroatoms. The van der Waals surface area contributed by atoms with Gasteiger partial charge in [0.1, 0.15) is 5.82 Å². The lowest BCUT2D eigenvalue weighted by Crippen LogP contribution is -2.14. The predicted molar refractivity (Wildman–Crippen MR) is 61.1 cm³/mol. The molecule has 0 unspecified atom stereocenters. The summed E-state index contributed by atoms with van der Waals surface area (Å²) in [5.74, 6) is -0.232. The molecule has 0 radical (unpaired) electrons. The van der Waals surface area contributed by atoms with Gasteiger partial charge in [-0.05, 0) is 41.0 Å². The normalized spacial score (nSPS) is 10.6. The summed E-state index contributed by atoms with van der Waals surface area (Å²) in [7, 11) is 0. The summed E-state index contributed by atoms with van der Waals surface area (Å²) in [5.41, 5.74) is 0.603. The molecule has 0 aliphatic carbocycles. The van der Waals surface area contributed by atoms with Gasteiger partial charge in [0, 0.05) is 16.6 Å². The van der Waals surface area contributed by atoms with Crippen LogP contribution in [0, 0.1) is 5.82 Å². The van der Waals surface area contributed by atoms with Gasteiger partial charge in [-0.1, -0.05) is 18.5 Å². The second-order valence-corrected chi connectivity index (χ2v) is 4.30. The molecule has 0 heterocycles. The predicted octanol–water partition coefficient (Wildman–Crippen LogP) is 3.74. The minimum Gasteiger partial charge on any atom is -0.313 e. The largest absolute Gasteiger partial charge is 0.313 e. The molecule has 1 nitrogen and oxygen atoms in total. The molecule has 1 rings (SSSR count). The second kappa shape index (κ2) is 5.69. The Bertz CT molecular complexity index is 317. The lowest BCUT2D eigenvalue weighted by Gasteiger charge is -2.06. The Kier molecular flexibility index (Phi) is 4.85. The molecule has 1 aromatic rings. The van der Waals surface area contributed by atoms with E-state index in [0.29, 0.717) is 21.6 Å². The van der Waals surface area contributed by atoms with E-state index in [-0.39, 0.29) is 5.82 Å². The first kappa shape index (κ1) is 12.0. The van der Waals surface area contributed by atoms with Crippen molar-refractivity contribution < 1.29 is 4.39 Å². The average Bonchev–Trinajstić information content (AvgIpc) is 2.14. The monoisotopic (exact) mass is 279 g/mol. The summed E-state index contributed by atoms with van der Waals surface area (Å²) < 4.78 is 13.9. The van der Waals surface area contributed by atoms with Gasteiger partial charge in [0.05, 0.1) is 5.02 Å². The van der Waals surface area contributed by atoms with E-state index in [9.17, 15) is 4.39 Å². The molecule has 0 fully saturated rings. The van der Waals surface area contributed by atoms with Crippen molar-refractivity contribution in [3.05, 3.63) is 33.0 Å². The number of hydrogen-bond acceptors (Lipinski definition) is 1. The van der Waals surface area contributed by atoms with E-state index in [1.54, 1.807) is 6.07 Å². The average molecular weight is 281 g/mol. The van der Waals surface area contributed by atoms with E-state index < -0.39 is 0 Å². The van der Waals surface area contributed by atoms with E-state index in [1.807, 2.05) is 0 Å². The first-order chi connectivity index (χ1) is 6.65. The van der Waals surface area contributed by atoms with Crippen molar-refractivity contribution in [2.24, 2.45) is 0 Å². The van der Waals surface area contributed by atoms with Gasteiger partial charge in [-0.25, -0.2) is 4.39 Å². The van der Waals surface area contributed by atoms with Crippen LogP contribution in [0.1, 0.15) is 18.9 Å². The Hall–Kier alpha value is -0.120. The fraction of sp³-hybridized carbons (Fsp3) is 0.400. The van der Waals surface area contributed by atoms with Gasteiger partial charge in [-0.2, -0.15) is 0 Å². The summed E-state index contributed by atoms with van der Waals surface area (Å²) in [6, 6.07) is 3.04. The Labute approximate surface area is 96.8 Å². The highest BCUT2D eigenvalue weighted by atomic mass is 79.9. The zero-order valence-corrected chi connectivity index (χ0v) is 10.3. The molecule has 0 amide bonds. The van der Waals surface area contributed by atoms with Gasteiger partial charge in [0.2, 0.25) is 0 Å². The lowest BCUT2D eigenvalue weighted by atomic mass is 10.2. The smallest absolute Gasteiger partial charge is 0.128 e. The van der Waals surface area contributed by atoms with Crippen molar-refractivity contribution in [3.8, 4) is 0 Å². The highest BCUT2D eigenvalue weighted by molar-refractivity contribution is 9.10. The van der Waals surface area contributed by atoms with Crippen LogP contribution in [0.3, 0.4) is 0 Å². The van der Waals surface area contributed by atoms with Gasteiger partial charge in [-0.3, -0.25) is 0 Å².